The van der Waals surface area contributed by atoms with Gasteiger partial charge in [0.15, 0.2) is 0 Å². The molecule has 1 aromatic heterocycles. The van der Waals surface area contributed by atoms with E-state index in [0.29, 0.717) is 52.1 Å². The summed E-state index contributed by atoms with van der Waals surface area (Å²) in [4.78, 5) is 29.2. The summed E-state index contributed by atoms with van der Waals surface area (Å²) in [6.45, 7) is 0.369. The summed E-state index contributed by atoms with van der Waals surface area (Å²) in [5, 5.41) is 12.9. The quantitative estimate of drug-likeness (QED) is 0.212. The van der Waals surface area contributed by atoms with Gasteiger partial charge >= 0.3 is 12.1 Å². The molecule has 0 aliphatic heterocycles. The number of carboxylic acids is 1. The van der Waals surface area contributed by atoms with Crippen LogP contribution in [0.5, 0.6) is 0 Å². The molecule has 5 nitrogen and oxygen atoms in total. The Kier molecular flexibility index (Phi) is 5.80. The van der Waals surface area contributed by atoms with E-state index >= 15 is 0 Å². The van der Waals surface area contributed by atoms with Crippen LogP contribution >= 0.6 is 11.8 Å². The summed E-state index contributed by atoms with van der Waals surface area (Å²) >= 11 is 1.23. The van der Waals surface area contributed by atoms with E-state index in [1.54, 1.807) is 30.5 Å². The molecule has 3 saturated carbocycles. The Morgan fingerprint density at radius 3 is 2.26 bits per heavy atom. The van der Waals surface area contributed by atoms with Crippen LogP contribution in [0.15, 0.2) is 76.7 Å². The lowest BCUT2D eigenvalue weighted by Gasteiger charge is -2.68. The molecule has 3 fully saturated rings. The van der Waals surface area contributed by atoms with Gasteiger partial charge in [0.25, 0.3) is 5.91 Å². The van der Waals surface area contributed by atoms with Crippen LogP contribution in [0.4, 0.5) is 17.6 Å². The number of carboxylic acid groups (broad SMARTS) is 1. The molecule has 4 aromatic rings. The van der Waals surface area contributed by atoms with Crippen LogP contribution in [0, 0.1) is 16.6 Å². The number of H-pyrrole nitrogens is 1. The fourth-order valence-electron chi connectivity index (χ4n) is 5.97. The third-order valence-electron chi connectivity index (χ3n) is 7.83. The van der Waals surface area contributed by atoms with Crippen molar-refractivity contribution in [3.8, 4) is 11.1 Å². The summed E-state index contributed by atoms with van der Waals surface area (Å²) in [5.74, 6) is -1.49. The van der Waals surface area contributed by atoms with Gasteiger partial charge in [-0.1, -0.05) is 30.0 Å². The van der Waals surface area contributed by atoms with Crippen LogP contribution in [-0.2, 0) is 11.0 Å². The zero-order chi connectivity index (χ0) is 27.6. The monoisotopic (exact) mass is 554 g/mol. The molecule has 200 valence electrons. The second-order valence-electron chi connectivity index (χ2n) is 10.5. The van der Waals surface area contributed by atoms with E-state index in [2.05, 4.69) is 10.3 Å². The molecule has 2 bridgehead atoms. The Labute approximate surface area is 224 Å². The molecule has 1 amide bonds. The highest BCUT2D eigenvalue weighted by molar-refractivity contribution is 7.99. The van der Waals surface area contributed by atoms with Gasteiger partial charge in [0.05, 0.1) is 16.5 Å². The Hall–Kier alpha value is -3.79. The van der Waals surface area contributed by atoms with Gasteiger partial charge in [-0.05, 0) is 72.7 Å². The number of benzene rings is 3. The van der Waals surface area contributed by atoms with Crippen LogP contribution in [0.3, 0.4) is 0 Å². The van der Waals surface area contributed by atoms with Crippen molar-refractivity contribution < 1.29 is 32.3 Å². The second-order valence-corrected chi connectivity index (χ2v) is 11.6. The number of alkyl halides is 3. The van der Waals surface area contributed by atoms with Gasteiger partial charge in [0.1, 0.15) is 5.82 Å². The first kappa shape index (κ1) is 25.5. The van der Waals surface area contributed by atoms with E-state index in [1.165, 1.54) is 36.0 Å². The number of aromatic nitrogens is 1. The summed E-state index contributed by atoms with van der Waals surface area (Å²) in [7, 11) is 0. The maximum Gasteiger partial charge on any atom is 0.416 e. The molecule has 3 aliphatic rings. The largest absolute Gasteiger partial charge is 0.481 e. The fraction of sp³-hybridized carbons (Fsp3) is 0.241. The average molecular weight is 555 g/mol. The number of fused-ring (bicyclic) bond motifs is 1. The number of carbonyl (C=O) groups is 2. The topological polar surface area (TPSA) is 82.2 Å². The van der Waals surface area contributed by atoms with E-state index in [4.69, 9.17) is 0 Å². The Bertz CT molecular complexity index is 1590. The van der Waals surface area contributed by atoms with Crippen LogP contribution in [0.2, 0.25) is 0 Å². The van der Waals surface area contributed by atoms with Gasteiger partial charge in [0.2, 0.25) is 0 Å². The van der Waals surface area contributed by atoms with Crippen LogP contribution < -0.4 is 5.32 Å². The van der Waals surface area contributed by atoms with Gasteiger partial charge in [-0.2, -0.15) is 13.2 Å². The van der Waals surface area contributed by atoms with Crippen molar-refractivity contribution in [2.24, 2.45) is 10.8 Å². The lowest BCUT2D eigenvalue weighted by molar-refractivity contribution is -0.219. The minimum atomic E-state index is -4.44. The van der Waals surface area contributed by atoms with E-state index in [9.17, 15) is 32.3 Å². The standard InChI is InChI=1S/C29H22F4N2O3S/c30-18-5-1-16(2-6-18)20-9-10-21(25(36)35-15-27-12-28(13-27,14-27)26(37)38)23-22(11-34-24(20)23)39-19-7-3-17(4-8-19)29(31,32)33/h1-11,34H,12-15H2,(H,35,36)(H,37,38). The van der Waals surface area contributed by atoms with Crippen molar-refractivity contribution in [2.45, 2.75) is 35.2 Å². The highest BCUT2D eigenvalue weighted by atomic mass is 32.2. The lowest BCUT2D eigenvalue weighted by atomic mass is 9.35. The smallest absolute Gasteiger partial charge is 0.416 e. The van der Waals surface area contributed by atoms with Crippen molar-refractivity contribution >= 4 is 34.5 Å². The number of hydrogen-bond acceptors (Lipinski definition) is 3. The Balaban J connectivity index is 1.33. The second kappa shape index (κ2) is 8.87. The number of carbonyl (C=O) groups excluding carboxylic acids is 1. The third kappa shape index (κ3) is 4.36. The minimum Gasteiger partial charge on any atom is -0.481 e. The van der Waals surface area contributed by atoms with Crippen molar-refractivity contribution in [1.29, 1.82) is 0 Å². The van der Waals surface area contributed by atoms with Gasteiger partial charge in [0, 0.05) is 39.0 Å². The van der Waals surface area contributed by atoms with E-state index in [1.807, 2.05) is 0 Å². The molecule has 39 heavy (non-hydrogen) atoms. The number of rotatable bonds is 7. The van der Waals surface area contributed by atoms with Crippen LogP contribution in [0.1, 0.15) is 35.2 Å². The molecule has 7 rings (SSSR count). The lowest BCUT2D eigenvalue weighted by Crippen LogP contribution is -2.68. The van der Waals surface area contributed by atoms with Crippen LogP contribution in [-0.4, -0.2) is 28.5 Å². The average Bonchev–Trinajstić information content (AvgIpc) is 3.25. The highest BCUT2D eigenvalue weighted by Gasteiger charge is 2.71. The van der Waals surface area contributed by atoms with Crippen molar-refractivity contribution in [3.05, 3.63) is 83.8 Å². The highest BCUT2D eigenvalue weighted by Crippen LogP contribution is 2.73. The fourth-order valence-corrected chi connectivity index (χ4v) is 6.93. The molecule has 1 heterocycles. The number of amides is 1. The Morgan fingerprint density at radius 2 is 1.64 bits per heavy atom. The third-order valence-corrected chi connectivity index (χ3v) is 8.88. The molecule has 3 aliphatic carbocycles. The SMILES string of the molecule is O=C(NCC12CC(C(=O)O)(C1)C2)c1ccc(-c2ccc(F)cc2)c2[nH]cc(Sc3ccc(C(F)(F)F)cc3)c12. The zero-order valence-electron chi connectivity index (χ0n) is 20.4. The number of halogens is 4. The predicted molar refractivity (Wildman–Crippen MR) is 138 cm³/mol. The van der Waals surface area contributed by atoms with E-state index in [0.717, 1.165) is 23.3 Å². The number of nitrogens with one attached hydrogen (secondary N) is 2. The van der Waals surface area contributed by atoms with Gasteiger partial charge in [-0.3, -0.25) is 9.59 Å². The van der Waals surface area contributed by atoms with Crippen molar-refractivity contribution in [2.75, 3.05) is 6.54 Å². The summed E-state index contributed by atoms with van der Waals surface area (Å²) in [6.07, 6.45) is -1.09. The van der Waals surface area contributed by atoms with Gasteiger partial charge < -0.3 is 15.4 Å². The molecule has 0 spiro atoms. The number of hydrogen-bond donors (Lipinski definition) is 3. The molecule has 0 unspecified atom stereocenters. The zero-order valence-corrected chi connectivity index (χ0v) is 21.2. The number of aromatic amines is 1. The first-order chi connectivity index (χ1) is 18.5. The minimum absolute atomic E-state index is 0.183. The van der Waals surface area contributed by atoms with E-state index < -0.39 is 23.1 Å². The first-order valence-corrected chi connectivity index (χ1v) is 13.1. The molecular weight excluding hydrogens is 532 g/mol. The maximum absolute atomic E-state index is 13.6. The van der Waals surface area contributed by atoms with Crippen molar-refractivity contribution in [1.82, 2.24) is 10.3 Å². The van der Waals surface area contributed by atoms with Gasteiger partial charge in [-0.15, -0.1) is 0 Å². The predicted octanol–water partition coefficient (Wildman–Crippen LogP) is 7.13. The molecule has 3 aromatic carbocycles. The number of aliphatic carboxylic acids is 1. The Morgan fingerprint density at radius 1 is 0.974 bits per heavy atom. The first-order valence-electron chi connectivity index (χ1n) is 12.3. The molecule has 0 saturated heterocycles. The molecular formula is C29H22F4N2O3S. The summed E-state index contributed by atoms with van der Waals surface area (Å²) in [5.41, 5.74) is 0.920. The summed E-state index contributed by atoms with van der Waals surface area (Å²) in [6, 6.07) is 14.2. The molecule has 3 N–H and O–H groups in total. The van der Waals surface area contributed by atoms with Crippen LogP contribution in [0.25, 0.3) is 22.0 Å². The molecule has 0 radical (unpaired) electrons. The summed E-state index contributed by atoms with van der Waals surface area (Å²) < 4.78 is 52.6. The normalized spacial score (nSPS) is 21.7. The van der Waals surface area contributed by atoms with Gasteiger partial charge in [-0.25, -0.2) is 4.39 Å². The van der Waals surface area contributed by atoms with E-state index in [-0.39, 0.29) is 17.1 Å². The molecule has 0 atom stereocenters. The maximum atomic E-state index is 13.6. The van der Waals surface area contributed by atoms with Crippen molar-refractivity contribution in [3.63, 3.8) is 0 Å². The molecule has 10 heteroatoms.